The number of aromatic carboxylic acids is 2. The highest BCUT2D eigenvalue weighted by atomic mass is 19.4. The van der Waals surface area contributed by atoms with Crippen LogP contribution in [-0.4, -0.2) is 32.1 Å². The SMILES string of the molecule is O=C(O)c1nc2cc(C(F)(F)F)c(C(=O)O)nc2cc1C(F)(F)F. The van der Waals surface area contributed by atoms with Crippen LogP contribution >= 0.6 is 0 Å². The molecule has 2 heterocycles. The van der Waals surface area contributed by atoms with Crippen LogP contribution in [0.2, 0.25) is 0 Å². The summed E-state index contributed by atoms with van der Waals surface area (Å²) in [4.78, 5) is 27.8. The first-order valence-corrected chi connectivity index (χ1v) is 5.79. The first-order chi connectivity index (χ1) is 10.8. The maximum absolute atomic E-state index is 12.8. The minimum absolute atomic E-state index is 0.137. The Morgan fingerprint density at radius 2 is 1.04 bits per heavy atom. The van der Waals surface area contributed by atoms with Crippen molar-refractivity contribution < 1.29 is 46.1 Å². The Morgan fingerprint density at radius 3 is 1.25 bits per heavy atom. The van der Waals surface area contributed by atoms with Crippen LogP contribution in [0.15, 0.2) is 12.1 Å². The van der Waals surface area contributed by atoms with E-state index in [1.807, 2.05) is 0 Å². The van der Waals surface area contributed by atoms with Crippen molar-refractivity contribution in [2.45, 2.75) is 12.4 Å². The first kappa shape index (κ1) is 17.4. The molecule has 2 aromatic heterocycles. The molecule has 12 heteroatoms. The van der Waals surface area contributed by atoms with Gasteiger partial charge in [0.15, 0.2) is 11.4 Å². The van der Waals surface area contributed by atoms with E-state index in [2.05, 4.69) is 9.97 Å². The highest BCUT2D eigenvalue weighted by Gasteiger charge is 2.39. The molecule has 6 nitrogen and oxygen atoms in total. The lowest BCUT2D eigenvalue weighted by Gasteiger charge is -2.13. The number of carboxylic acid groups (broad SMARTS) is 2. The number of rotatable bonds is 2. The van der Waals surface area contributed by atoms with Gasteiger partial charge >= 0.3 is 24.3 Å². The monoisotopic (exact) mass is 354 g/mol. The van der Waals surface area contributed by atoms with Crippen molar-refractivity contribution in [3.8, 4) is 0 Å². The van der Waals surface area contributed by atoms with Crippen LogP contribution < -0.4 is 0 Å². The van der Waals surface area contributed by atoms with Crippen molar-refractivity contribution in [1.82, 2.24) is 9.97 Å². The van der Waals surface area contributed by atoms with Gasteiger partial charge in [-0.25, -0.2) is 19.6 Å². The van der Waals surface area contributed by atoms with Gasteiger partial charge in [0, 0.05) is 0 Å². The minimum Gasteiger partial charge on any atom is -0.476 e. The van der Waals surface area contributed by atoms with Crippen LogP contribution in [0.4, 0.5) is 26.3 Å². The second kappa shape index (κ2) is 5.32. The molecule has 128 valence electrons. The largest absolute Gasteiger partial charge is 0.476 e. The normalized spacial score (nSPS) is 12.4. The molecule has 0 spiro atoms. The molecule has 0 bridgehead atoms. The number of hydrogen-bond acceptors (Lipinski definition) is 4. The molecular formula is C12H4F6N2O4. The third-order valence-electron chi connectivity index (χ3n) is 2.82. The average Bonchev–Trinajstić information content (AvgIpc) is 2.42. The molecule has 0 aliphatic carbocycles. The zero-order valence-corrected chi connectivity index (χ0v) is 11.0. The summed E-state index contributed by atoms with van der Waals surface area (Å²) in [5.74, 6) is -4.22. The van der Waals surface area contributed by atoms with E-state index in [0.29, 0.717) is 0 Å². The molecule has 0 fully saturated rings. The van der Waals surface area contributed by atoms with E-state index in [-0.39, 0.29) is 12.1 Å². The third-order valence-corrected chi connectivity index (χ3v) is 2.82. The summed E-state index contributed by atoms with van der Waals surface area (Å²) in [6, 6.07) is 0.275. The van der Waals surface area contributed by atoms with Crippen molar-refractivity contribution in [2.24, 2.45) is 0 Å². The van der Waals surface area contributed by atoms with Crippen molar-refractivity contribution in [3.63, 3.8) is 0 Å². The van der Waals surface area contributed by atoms with E-state index in [9.17, 15) is 35.9 Å². The van der Waals surface area contributed by atoms with E-state index >= 15 is 0 Å². The van der Waals surface area contributed by atoms with Crippen molar-refractivity contribution in [3.05, 3.63) is 34.6 Å². The van der Waals surface area contributed by atoms with Crippen LogP contribution in [0.5, 0.6) is 0 Å². The topological polar surface area (TPSA) is 100 Å². The molecule has 0 atom stereocenters. The Balaban J connectivity index is 2.92. The van der Waals surface area contributed by atoms with Gasteiger partial charge in [-0.05, 0) is 12.1 Å². The fraction of sp³-hybridized carbons (Fsp3) is 0.167. The third kappa shape index (κ3) is 3.07. The molecule has 0 aliphatic heterocycles. The maximum atomic E-state index is 12.8. The quantitative estimate of drug-likeness (QED) is 0.804. The lowest BCUT2D eigenvalue weighted by atomic mass is 10.1. The summed E-state index contributed by atoms with van der Waals surface area (Å²) in [6.07, 6.45) is -10.4. The van der Waals surface area contributed by atoms with Crippen LogP contribution in [-0.2, 0) is 12.4 Å². The second-order valence-electron chi connectivity index (χ2n) is 4.41. The van der Waals surface area contributed by atoms with Gasteiger partial charge in [-0.3, -0.25) is 0 Å². The van der Waals surface area contributed by atoms with Crippen LogP contribution in [0.3, 0.4) is 0 Å². The van der Waals surface area contributed by atoms with E-state index in [4.69, 9.17) is 10.2 Å². The molecule has 2 rings (SSSR count). The molecule has 0 unspecified atom stereocenters. The maximum Gasteiger partial charge on any atom is 0.418 e. The number of carbonyl (C=O) groups is 2. The minimum atomic E-state index is -5.18. The molecule has 0 radical (unpaired) electrons. The van der Waals surface area contributed by atoms with Crippen molar-refractivity contribution >= 4 is 23.0 Å². The lowest BCUT2D eigenvalue weighted by Crippen LogP contribution is -2.18. The van der Waals surface area contributed by atoms with E-state index in [0.717, 1.165) is 0 Å². The number of carboxylic acids is 2. The Kier molecular flexibility index (Phi) is 3.86. The average molecular weight is 354 g/mol. The fourth-order valence-corrected chi connectivity index (χ4v) is 1.86. The number of fused-ring (bicyclic) bond motifs is 1. The second-order valence-corrected chi connectivity index (χ2v) is 4.41. The zero-order chi connectivity index (χ0) is 18.4. The smallest absolute Gasteiger partial charge is 0.418 e. The van der Waals surface area contributed by atoms with Crippen LogP contribution in [0, 0.1) is 0 Å². The van der Waals surface area contributed by atoms with Gasteiger partial charge in [-0.1, -0.05) is 0 Å². The van der Waals surface area contributed by atoms with Gasteiger partial charge < -0.3 is 10.2 Å². The summed E-state index contributed by atoms with van der Waals surface area (Å²) in [7, 11) is 0. The Morgan fingerprint density at radius 1 is 0.750 bits per heavy atom. The summed E-state index contributed by atoms with van der Waals surface area (Å²) in [6.45, 7) is 0. The Labute approximate surface area is 127 Å². The van der Waals surface area contributed by atoms with Gasteiger partial charge in [-0.2, -0.15) is 26.3 Å². The number of pyridine rings is 2. The number of hydrogen-bond donors (Lipinski definition) is 2. The molecule has 0 amide bonds. The van der Waals surface area contributed by atoms with E-state index in [1.165, 1.54) is 0 Å². The van der Waals surface area contributed by atoms with Gasteiger partial charge in [0.2, 0.25) is 0 Å². The highest BCUT2D eigenvalue weighted by molar-refractivity contribution is 5.94. The Bertz CT molecular complexity index is 788. The van der Waals surface area contributed by atoms with Crippen molar-refractivity contribution in [2.75, 3.05) is 0 Å². The lowest BCUT2D eigenvalue weighted by molar-refractivity contribution is -0.139. The van der Waals surface area contributed by atoms with E-state index < -0.39 is 57.8 Å². The zero-order valence-electron chi connectivity index (χ0n) is 11.0. The summed E-state index contributed by atoms with van der Waals surface area (Å²) in [5.41, 5.74) is -8.23. The van der Waals surface area contributed by atoms with E-state index in [1.54, 1.807) is 0 Å². The van der Waals surface area contributed by atoms with Gasteiger partial charge in [0.1, 0.15) is 0 Å². The molecule has 2 aromatic rings. The van der Waals surface area contributed by atoms with Crippen LogP contribution in [0.25, 0.3) is 11.0 Å². The molecule has 24 heavy (non-hydrogen) atoms. The highest BCUT2D eigenvalue weighted by Crippen LogP contribution is 2.36. The van der Waals surface area contributed by atoms with Gasteiger partial charge in [-0.15, -0.1) is 0 Å². The summed E-state index contributed by atoms with van der Waals surface area (Å²) in [5, 5.41) is 17.5. The number of alkyl halides is 6. The molecule has 0 aliphatic rings. The Hall–Kier alpha value is -2.92. The molecule has 2 N–H and O–H groups in total. The predicted octanol–water partition coefficient (Wildman–Crippen LogP) is 3.06. The molecule has 0 saturated heterocycles. The van der Waals surface area contributed by atoms with Gasteiger partial charge in [0.25, 0.3) is 0 Å². The van der Waals surface area contributed by atoms with Crippen LogP contribution in [0.1, 0.15) is 32.1 Å². The molecule has 0 aromatic carbocycles. The standard InChI is InChI=1S/C12H4F6N2O4/c13-11(14,15)3-1-5-6(20-7(3)9(21)22)2-4(12(16,17)18)8(19-5)10(23)24/h1-2H,(H,21,22)(H,23,24). The first-order valence-electron chi connectivity index (χ1n) is 5.79. The van der Waals surface area contributed by atoms with Crippen molar-refractivity contribution in [1.29, 1.82) is 0 Å². The van der Waals surface area contributed by atoms with Gasteiger partial charge in [0.05, 0.1) is 22.2 Å². The predicted molar refractivity (Wildman–Crippen MR) is 63.5 cm³/mol. The fourth-order valence-electron chi connectivity index (χ4n) is 1.86. The summed E-state index contributed by atoms with van der Waals surface area (Å²) < 4.78 is 77.0. The summed E-state index contributed by atoms with van der Waals surface area (Å²) >= 11 is 0. The number of aromatic nitrogens is 2. The molecule has 0 saturated carbocycles. The number of halogens is 6. The molecular weight excluding hydrogens is 350 g/mol. The number of nitrogens with zero attached hydrogens (tertiary/aromatic N) is 2.